The molecule has 1 aliphatic carbocycles. The van der Waals surface area contributed by atoms with E-state index in [1.54, 1.807) is 11.3 Å². The zero-order valence-corrected chi connectivity index (χ0v) is 16.5. The first kappa shape index (κ1) is 18.2. The second-order valence-corrected chi connectivity index (χ2v) is 8.57. The fourth-order valence-corrected chi connectivity index (χ4v) is 5.35. The highest BCUT2D eigenvalue weighted by molar-refractivity contribution is 7.13. The van der Waals surface area contributed by atoms with Crippen LogP contribution >= 0.6 is 11.3 Å². The van der Waals surface area contributed by atoms with Gasteiger partial charge in [0.1, 0.15) is 0 Å². The highest BCUT2D eigenvalue weighted by Crippen LogP contribution is 2.28. The van der Waals surface area contributed by atoms with Crippen LogP contribution in [0, 0.1) is 6.92 Å². The van der Waals surface area contributed by atoms with Crippen LogP contribution in [-0.2, 0) is 9.53 Å². The van der Waals surface area contributed by atoms with Crippen LogP contribution in [0.3, 0.4) is 0 Å². The van der Waals surface area contributed by atoms with Gasteiger partial charge in [0.2, 0.25) is 5.91 Å². The number of carbonyl (C=O) groups is 1. The second kappa shape index (κ2) is 8.23. The van der Waals surface area contributed by atoms with Gasteiger partial charge in [0, 0.05) is 38.1 Å². The Kier molecular flexibility index (Phi) is 5.76. The Balaban J connectivity index is 1.33. The number of aromatic nitrogens is 1. The Morgan fingerprint density at radius 2 is 2.08 bits per heavy atom. The molecular formula is C19H30N4O2S. The van der Waals surface area contributed by atoms with Crippen molar-refractivity contribution in [1.29, 1.82) is 0 Å². The van der Waals surface area contributed by atoms with Crippen molar-refractivity contribution in [3.05, 3.63) is 11.1 Å². The van der Waals surface area contributed by atoms with Crippen LogP contribution < -0.4 is 4.90 Å². The molecule has 7 heteroatoms. The van der Waals surface area contributed by atoms with Crippen molar-refractivity contribution in [3.63, 3.8) is 0 Å². The normalized spacial score (nSPS) is 27.9. The zero-order chi connectivity index (χ0) is 17.9. The Labute approximate surface area is 160 Å². The molecule has 0 aromatic carbocycles. The minimum absolute atomic E-state index is 0.272. The fraction of sp³-hybridized carbons (Fsp3) is 0.789. The van der Waals surface area contributed by atoms with Gasteiger partial charge in [-0.05, 0) is 26.2 Å². The number of aryl methyl sites for hydroxylation is 1. The molecule has 1 aromatic heterocycles. The molecule has 4 rings (SSSR count). The fourth-order valence-electron chi connectivity index (χ4n) is 4.50. The van der Waals surface area contributed by atoms with E-state index in [4.69, 9.17) is 4.74 Å². The molecule has 26 heavy (non-hydrogen) atoms. The number of rotatable bonds is 3. The second-order valence-electron chi connectivity index (χ2n) is 7.74. The van der Waals surface area contributed by atoms with E-state index in [1.807, 2.05) is 6.92 Å². The first-order valence-corrected chi connectivity index (χ1v) is 10.9. The summed E-state index contributed by atoms with van der Waals surface area (Å²) in [7, 11) is 0. The monoisotopic (exact) mass is 378 g/mol. The topological polar surface area (TPSA) is 48.9 Å². The maximum Gasteiger partial charge on any atom is 0.237 e. The molecule has 0 bridgehead atoms. The predicted octanol–water partition coefficient (Wildman–Crippen LogP) is 2.13. The molecule has 1 saturated carbocycles. The van der Waals surface area contributed by atoms with Gasteiger partial charge in [-0.3, -0.25) is 9.69 Å². The minimum Gasteiger partial charge on any atom is -0.374 e. The summed E-state index contributed by atoms with van der Waals surface area (Å²) in [6.45, 7) is 7.96. The molecule has 3 heterocycles. The Morgan fingerprint density at radius 1 is 1.19 bits per heavy atom. The quantitative estimate of drug-likeness (QED) is 0.806. The molecule has 0 unspecified atom stereocenters. The lowest BCUT2D eigenvalue weighted by atomic mass is 9.90. The van der Waals surface area contributed by atoms with Crippen LogP contribution in [0.4, 0.5) is 5.13 Å². The van der Waals surface area contributed by atoms with Crippen LogP contribution in [0.2, 0.25) is 0 Å². The van der Waals surface area contributed by atoms with Gasteiger partial charge >= 0.3 is 0 Å². The molecular weight excluding hydrogens is 348 g/mol. The largest absolute Gasteiger partial charge is 0.374 e. The first-order chi connectivity index (χ1) is 12.7. The van der Waals surface area contributed by atoms with Crippen molar-refractivity contribution in [3.8, 4) is 0 Å². The van der Waals surface area contributed by atoms with E-state index in [2.05, 4.69) is 25.1 Å². The number of hydrogen-bond acceptors (Lipinski definition) is 6. The third-order valence-electron chi connectivity index (χ3n) is 5.88. The molecule has 1 aromatic rings. The number of amides is 1. The zero-order valence-electron chi connectivity index (χ0n) is 15.7. The van der Waals surface area contributed by atoms with Gasteiger partial charge in [-0.1, -0.05) is 12.8 Å². The summed E-state index contributed by atoms with van der Waals surface area (Å²) in [5, 5.41) is 3.23. The lowest BCUT2D eigenvalue weighted by Crippen LogP contribution is -2.56. The van der Waals surface area contributed by atoms with E-state index in [-0.39, 0.29) is 6.10 Å². The van der Waals surface area contributed by atoms with Crippen LogP contribution in [-0.4, -0.2) is 78.7 Å². The van der Waals surface area contributed by atoms with Gasteiger partial charge < -0.3 is 14.5 Å². The predicted molar refractivity (Wildman–Crippen MR) is 104 cm³/mol. The Morgan fingerprint density at radius 3 is 2.92 bits per heavy atom. The van der Waals surface area contributed by atoms with Gasteiger partial charge in [-0.15, -0.1) is 11.3 Å². The molecule has 2 aliphatic heterocycles. The number of fused-ring (bicyclic) bond motifs is 1. The van der Waals surface area contributed by atoms with Crippen molar-refractivity contribution >= 4 is 22.4 Å². The minimum atomic E-state index is 0.272. The number of thiazole rings is 1. The summed E-state index contributed by atoms with van der Waals surface area (Å²) >= 11 is 1.72. The lowest BCUT2D eigenvalue weighted by Gasteiger charge is -2.44. The van der Waals surface area contributed by atoms with Gasteiger partial charge in [-0.25, -0.2) is 4.98 Å². The average Bonchev–Trinajstić information content (AvgIpc) is 2.96. The molecule has 2 atom stereocenters. The van der Waals surface area contributed by atoms with Crippen LogP contribution in [0.15, 0.2) is 5.38 Å². The average molecular weight is 379 g/mol. The van der Waals surface area contributed by atoms with Gasteiger partial charge in [0.15, 0.2) is 5.13 Å². The maximum absolute atomic E-state index is 13.0. The van der Waals surface area contributed by atoms with E-state index in [1.165, 1.54) is 12.8 Å². The van der Waals surface area contributed by atoms with Crippen molar-refractivity contribution in [2.24, 2.45) is 0 Å². The molecule has 3 aliphatic rings. The van der Waals surface area contributed by atoms with Crippen molar-refractivity contribution in [2.75, 3.05) is 50.8 Å². The van der Waals surface area contributed by atoms with E-state index in [0.717, 1.165) is 62.8 Å². The van der Waals surface area contributed by atoms with Gasteiger partial charge in [0.05, 0.1) is 31.0 Å². The van der Waals surface area contributed by atoms with Crippen LogP contribution in [0.5, 0.6) is 0 Å². The molecule has 1 amide bonds. The van der Waals surface area contributed by atoms with Crippen molar-refractivity contribution < 1.29 is 9.53 Å². The summed E-state index contributed by atoms with van der Waals surface area (Å²) in [6, 6.07) is 0.312. The lowest BCUT2D eigenvalue weighted by molar-refractivity contribution is -0.150. The Hall–Kier alpha value is -1.18. The molecule has 0 radical (unpaired) electrons. The third kappa shape index (κ3) is 4.05. The molecule has 6 nitrogen and oxygen atoms in total. The van der Waals surface area contributed by atoms with Crippen LogP contribution in [0.25, 0.3) is 0 Å². The third-order valence-corrected chi connectivity index (χ3v) is 6.90. The standard InChI is InChI=1S/C19H30N4O2S/c1-15-14-26-19(20-15)22-8-4-7-21(9-10-22)13-18(24)23-11-12-25-17-6-3-2-5-16(17)23/h14,16-17H,2-13H2,1H3/t16-,17+/m1/s1. The van der Waals surface area contributed by atoms with E-state index >= 15 is 0 Å². The number of ether oxygens (including phenoxy) is 1. The highest BCUT2D eigenvalue weighted by atomic mass is 32.1. The molecule has 144 valence electrons. The number of morpholine rings is 1. The molecule has 2 saturated heterocycles. The highest BCUT2D eigenvalue weighted by Gasteiger charge is 2.37. The number of carbonyl (C=O) groups excluding carboxylic acids is 1. The van der Waals surface area contributed by atoms with Crippen molar-refractivity contribution in [2.45, 2.75) is 51.2 Å². The Bertz CT molecular complexity index is 620. The van der Waals surface area contributed by atoms with Gasteiger partial charge in [0.25, 0.3) is 0 Å². The summed E-state index contributed by atoms with van der Waals surface area (Å²) in [5.41, 5.74) is 1.09. The number of hydrogen-bond donors (Lipinski definition) is 0. The molecule has 0 N–H and O–H groups in total. The summed E-state index contributed by atoms with van der Waals surface area (Å²) in [5.74, 6) is 0.295. The van der Waals surface area contributed by atoms with E-state index < -0.39 is 0 Å². The smallest absolute Gasteiger partial charge is 0.237 e. The van der Waals surface area contributed by atoms with Gasteiger partial charge in [-0.2, -0.15) is 0 Å². The van der Waals surface area contributed by atoms with E-state index in [0.29, 0.717) is 25.1 Å². The SMILES string of the molecule is Cc1csc(N2CCCN(CC(=O)N3CCO[C@H]4CCCC[C@H]43)CC2)n1. The molecule has 3 fully saturated rings. The number of nitrogens with zero attached hydrogens (tertiary/aromatic N) is 4. The summed E-state index contributed by atoms with van der Waals surface area (Å²) in [6.07, 6.45) is 6.03. The first-order valence-electron chi connectivity index (χ1n) is 10.0. The number of anilines is 1. The molecule has 0 spiro atoms. The van der Waals surface area contributed by atoms with Crippen molar-refractivity contribution in [1.82, 2.24) is 14.8 Å². The summed E-state index contributed by atoms with van der Waals surface area (Å²) in [4.78, 5) is 24.4. The van der Waals surface area contributed by atoms with Crippen LogP contribution in [0.1, 0.15) is 37.8 Å². The summed E-state index contributed by atoms with van der Waals surface area (Å²) < 4.78 is 5.92. The van der Waals surface area contributed by atoms with E-state index in [9.17, 15) is 4.79 Å². The maximum atomic E-state index is 13.0.